The fourth-order valence-corrected chi connectivity index (χ4v) is 2.15. The van der Waals surface area contributed by atoms with Crippen LogP contribution in [0.2, 0.25) is 0 Å². The van der Waals surface area contributed by atoms with Crippen molar-refractivity contribution in [3.8, 4) is 0 Å². The second-order valence-corrected chi connectivity index (χ2v) is 5.71. The Morgan fingerprint density at radius 1 is 1.21 bits per heavy atom. The number of hydrogen-bond donors (Lipinski definition) is 1. The molecule has 19 heavy (non-hydrogen) atoms. The maximum atomic E-state index is 4.60. The second-order valence-electron chi connectivity index (χ2n) is 5.71. The number of aryl methyl sites for hydroxylation is 1. The Kier molecular flexibility index (Phi) is 6.82. The maximum Gasteiger partial charge on any atom is 0.223 e. The lowest BCUT2D eigenvalue weighted by atomic mass is 9.99. The van der Waals surface area contributed by atoms with E-state index < -0.39 is 0 Å². The number of nitrogens with zero attached hydrogens (tertiary/aromatic N) is 2. The van der Waals surface area contributed by atoms with E-state index in [1.807, 2.05) is 6.92 Å². The highest BCUT2D eigenvalue weighted by Crippen LogP contribution is 2.16. The highest BCUT2D eigenvalue weighted by atomic mass is 15.1. The van der Waals surface area contributed by atoms with Crippen LogP contribution >= 0.6 is 0 Å². The minimum atomic E-state index is 0.448. The SMILES string of the molecule is CCCCC(CC)CNc1nc(C)cc(C(C)C)n1. The van der Waals surface area contributed by atoms with Gasteiger partial charge in [0.1, 0.15) is 0 Å². The van der Waals surface area contributed by atoms with Crippen LogP contribution in [0.25, 0.3) is 0 Å². The predicted molar refractivity (Wildman–Crippen MR) is 82.7 cm³/mol. The molecule has 0 spiro atoms. The largest absolute Gasteiger partial charge is 0.354 e. The molecule has 1 N–H and O–H groups in total. The van der Waals surface area contributed by atoms with E-state index in [-0.39, 0.29) is 0 Å². The van der Waals surface area contributed by atoms with Crippen molar-refractivity contribution in [2.24, 2.45) is 5.92 Å². The summed E-state index contributed by atoms with van der Waals surface area (Å²) in [6.45, 7) is 11.9. The van der Waals surface area contributed by atoms with Gasteiger partial charge in [0.25, 0.3) is 0 Å². The molecule has 3 heteroatoms. The molecular formula is C16H29N3. The Hall–Kier alpha value is -1.12. The zero-order chi connectivity index (χ0) is 14.3. The third kappa shape index (κ3) is 5.58. The van der Waals surface area contributed by atoms with Crippen molar-refractivity contribution in [3.05, 3.63) is 17.5 Å². The molecule has 0 amide bonds. The predicted octanol–water partition coefficient (Wildman–Crippen LogP) is 4.54. The van der Waals surface area contributed by atoms with Crippen LogP contribution < -0.4 is 5.32 Å². The molecule has 0 bridgehead atoms. The smallest absolute Gasteiger partial charge is 0.223 e. The van der Waals surface area contributed by atoms with Crippen LogP contribution in [0, 0.1) is 12.8 Å². The third-order valence-corrected chi connectivity index (χ3v) is 3.56. The van der Waals surface area contributed by atoms with Gasteiger partial charge >= 0.3 is 0 Å². The van der Waals surface area contributed by atoms with E-state index in [4.69, 9.17) is 0 Å². The highest BCUT2D eigenvalue weighted by Gasteiger charge is 2.09. The molecule has 1 aromatic rings. The Morgan fingerprint density at radius 2 is 1.95 bits per heavy atom. The summed E-state index contributed by atoms with van der Waals surface area (Å²) < 4.78 is 0. The van der Waals surface area contributed by atoms with Gasteiger partial charge in [-0.2, -0.15) is 0 Å². The van der Waals surface area contributed by atoms with Gasteiger partial charge in [-0.1, -0.05) is 47.0 Å². The van der Waals surface area contributed by atoms with E-state index in [9.17, 15) is 0 Å². The number of anilines is 1. The van der Waals surface area contributed by atoms with Gasteiger partial charge in [-0.05, 0) is 31.2 Å². The minimum absolute atomic E-state index is 0.448. The lowest BCUT2D eigenvalue weighted by molar-refractivity contribution is 0.471. The molecule has 1 aromatic heterocycles. The molecule has 0 aliphatic rings. The van der Waals surface area contributed by atoms with E-state index in [2.05, 4.69) is 49.0 Å². The summed E-state index contributed by atoms with van der Waals surface area (Å²) in [5.41, 5.74) is 2.17. The zero-order valence-corrected chi connectivity index (χ0v) is 13.2. The molecule has 0 saturated heterocycles. The van der Waals surface area contributed by atoms with Gasteiger partial charge in [0.15, 0.2) is 0 Å². The quantitative estimate of drug-likeness (QED) is 0.748. The number of aromatic nitrogens is 2. The van der Waals surface area contributed by atoms with Gasteiger partial charge < -0.3 is 5.32 Å². The van der Waals surface area contributed by atoms with Crippen molar-refractivity contribution in [2.45, 2.75) is 66.2 Å². The molecule has 1 rings (SSSR count). The monoisotopic (exact) mass is 263 g/mol. The molecule has 0 aromatic carbocycles. The molecule has 108 valence electrons. The van der Waals surface area contributed by atoms with Crippen LogP contribution in [-0.2, 0) is 0 Å². The van der Waals surface area contributed by atoms with Gasteiger partial charge in [0.05, 0.1) is 0 Å². The molecule has 0 aliphatic heterocycles. The van der Waals surface area contributed by atoms with E-state index in [0.29, 0.717) is 5.92 Å². The third-order valence-electron chi connectivity index (χ3n) is 3.56. The van der Waals surface area contributed by atoms with E-state index in [0.717, 1.165) is 29.8 Å². The second kappa shape index (κ2) is 8.13. The number of nitrogens with one attached hydrogen (secondary N) is 1. The van der Waals surface area contributed by atoms with Crippen LogP contribution in [0.1, 0.15) is 70.7 Å². The van der Waals surface area contributed by atoms with Gasteiger partial charge in [-0.15, -0.1) is 0 Å². The lowest BCUT2D eigenvalue weighted by Crippen LogP contribution is -2.16. The molecule has 0 radical (unpaired) electrons. The van der Waals surface area contributed by atoms with Gasteiger partial charge in [-0.25, -0.2) is 9.97 Å². The van der Waals surface area contributed by atoms with Gasteiger partial charge in [-0.3, -0.25) is 0 Å². The average molecular weight is 263 g/mol. The molecule has 1 unspecified atom stereocenters. The molecule has 0 saturated carbocycles. The van der Waals surface area contributed by atoms with Crippen molar-refractivity contribution >= 4 is 5.95 Å². The molecule has 1 heterocycles. The summed E-state index contributed by atoms with van der Waals surface area (Å²) in [7, 11) is 0. The van der Waals surface area contributed by atoms with Crippen LogP contribution in [0.3, 0.4) is 0 Å². The van der Waals surface area contributed by atoms with E-state index >= 15 is 0 Å². The van der Waals surface area contributed by atoms with Crippen molar-refractivity contribution in [3.63, 3.8) is 0 Å². The Balaban J connectivity index is 2.60. The van der Waals surface area contributed by atoms with Gasteiger partial charge in [0.2, 0.25) is 5.95 Å². The van der Waals surface area contributed by atoms with Crippen LogP contribution in [0.4, 0.5) is 5.95 Å². The first-order valence-electron chi connectivity index (χ1n) is 7.66. The van der Waals surface area contributed by atoms with Crippen LogP contribution in [0.15, 0.2) is 6.07 Å². The summed E-state index contributed by atoms with van der Waals surface area (Å²) in [6, 6.07) is 2.07. The number of rotatable bonds is 8. The topological polar surface area (TPSA) is 37.8 Å². The molecule has 0 fully saturated rings. The maximum absolute atomic E-state index is 4.60. The first-order valence-corrected chi connectivity index (χ1v) is 7.66. The van der Waals surface area contributed by atoms with Crippen LogP contribution in [0.5, 0.6) is 0 Å². The average Bonchev–Trinajstić information content (AvgIpc) is 2.38. The molecule has 1 atom stereocenters. The summed E-state index contributed by atoms with van der Waals surface area (Å²) in [4.78, 5) is 9.08. The van der Waals surface area contributed by atoms with Crippen molar-refractivity contribution < 1.29 is 0 Å². The Morgan fingerprint density at radius 3 is 2.53 bits per heavy atom. The first-order chi connectivity index (χ1) is 9.06. The fraction of sp³-hybridized carbons (Fsp3) is 0.750. The standard InChI is InChI=1S/C16H29N3/c1-6-8-9-14(7-2)11-17-16-18-13(5)10-15(19-16)12(3)4/h10,12,14H,6-9,11H2,1-5H3,(H,17,18,19). The van der Waals surface area contributed by atoms with Crippen LogP contribution in [-0.4, -0.2) is 16.5 Å². The number of unbranched alkanes of at least 4 members (excludes halogenated alkanes) is 1. The minimum Gasteiger partial charge on any atom is -0.354 e. The van der Waals surface area contributed by atoms with Gasteiger partial charge in [0, 0.05) is 17.9 Å². The normalized spacial score (nSPS) is 12.7. The molecule has 3 nitrogen and oxygen atoms in total. The fourth-order valence-electron chi connectivity index (χ4n) is 2.15. The van der Waals surface area contributed by atoms with E-state index in [1.54, 1.807) is 0 Å². The van der Waals surface area contributed by atoms with Crippen molar-refractivity contribution in [1.29, 1.82) is 0 Å². The summed E-state index contributed by atoms with van der Waals surface area (Å²) in [5, 5.41) is 3.42. The lowest BCUT2D eigenvalue weighted by Gasteiger charge is -2.16. The summed E-state index contributed by atoms with van der Waals surface area (Å²) in [5.74, 6) is 1.97. The van der Waals surface area contributed by atoms with Crippen molar-refractivity contribution in [2.75, 3.05) is 11.9 Å². The summed E-state index contributed by atoms with van der Waals surface area (Å²) in [6.07, 6.45) is 5.10. The Labute approximate surface area is 118 Å². The first kappa shape index (κ1) is 15.9. The molecular weight excluding hydrogens is 234 g/mol. The van der Waals surface area contributed by atoms with Crippen molar-refractivity contribution in [1.82, 2.24) is 9.97 Å². The highest BCUT2D eigenvalue weighted by molar-refractivity contribution is 5.29. The van der Waals surface area contributed by atoms with E-state index in [1.165, 1.54) is 25.7 Å². The number of hydrogen-bond acceptors (Lipinski definition) is 3. The Bertz CT molecular complexity index is 374. The zero-order valence-electron chi connectivity index (χ0n) is 13.2. The summed E-state index contributed by atoms with van der Waals surface area (Å²) >= 11 is 0. The molecule has 0 aliphatic carbocycles.